The van der Waals surface area contributed by atoms with Crippen LogP contribution in [-0.4, -0.2) is 13.7 Å². The Bertz CT molecular complexity index is 879. The molecule has 30 heavy (non-hydrogen) atoms. The molecule has 0 N–H and O–H groups in total. The minimum Gasteiger partial charge on any atom is -0.385 e. The number of rotatable bonds is 5. The maximum absolute atomic E-state index is 15.2. The predicted octanol–water partition coefficient (Wildman–Crippen LogP) is 6.86. The van der Waals surface area contributed by atoms with Crippen molar-refractivity contribution in [3.63, 3.8) is 0 Å². The van der Waals surface area contributed by atoms with E-state index in [1.54, 1.807) is 13.2 Å². The lowest BCUT2D eigenvalue weighted by atomic mass is 9.69. The fraction of sp³-hybridized carbons (Fsp3) is 0.520. The smallest absolute Gasteiger partial charge is 0.194 e. The van der Waals surface area contributed by atoms with E-state index in [-0.39, 0.29) is 11.1 Å². The number of ether oxygens (including phenoxy) is 1. The molecule has 4 rings (SSSR count). The van der Waals surface area contributed by atoms with Crippen molar-refractivity contribution >= 4 is 0 Å². The quantitative estimate of drug-likeness (QED) is 0.379. The van der Waals surface area contributed by atoms with Gasteiger partial charge < -0.3 is 4.74 Å². The summed E-state index contributed by atoms with van der Waals surface area (Å²) in [6.45, 7) is 0.829. The average Bonchev–Trinajstić information content (AvgIpc) is 2.76. The fourth-order valence-corrected chi connectivity index (χ4v) is 5.41. The number of hydrogen-bond donors (Lipinski definition) is 0. The molecule has 0 saturated heterocycles. The summed E-state index contributed by atoms with van der Waals surface area (Å²) in [4.78, 5) is 0. The maximum Gasteiger partial charge on any atom is 0.194 e. The third kappa shape index (κ3) is 4.27. The van der Waals surface area contributed by atoms with E-state index in [9.17, 15) is 13.2 Å². The topological polar surface area (TPSA) is 9.23 Å². The van der Waals surface area contributed by atoms with Gasteiger partial charge in [0.2, 0.25) is 0 Å². The first kappa shape index (κ1) is 21.4. The average molecular weight is 420 g/mol. The van der Waals surface area contributed by atoms with Gasteiger partial charge in [-0.1, -0.05) is 25.0 Å². The summed E-state index contributed by atoms with van der Waals surface area (Å²) >= 11 is 0. The summed E-state index contributed by atoms with van der Waals surface area (Å²) in [7, 11) is 1.75. The SMILES string of the molecule is COCCC1CCC(C2CCc3c(ccc(-c4cc(F)c(F)c(F)c4)c3F)C2)CC1. The van der Waals surface area contributed by atoms with Crippen LogP contribution in [0.5, 0.6) is 0 Å². The van der Waals surface area contributed by atoms with Crippen molar-refractivity contribution in [2.75, 3.05) is 13.7 Å². The molecule has 5 heteroatoms. The van der Waals surface area contributed by atoms with Crippen molar-refractivity contribution in [1.29, 1.82) is 0 Å². The van der Waals surface area contributed by atoms with Crippen molar-refractivity contribution in [1.82, 2.24) is 0 Å². The molecule has 0 heterocycles. The summed E-state index contributed by atoms with van der Waals surface area (Å²) in [6.07, 6.45) is 8.49. The van der Waals surface area contributed by atoms with Crippen molar-refractivity contribution < 1.29 is 22.3 Å². The molecule has 2 aromatic carbocycles. The summed E-state index contributed by atoms with van der Waals surface area (Å²) in [5.41, 5.74) is 1.80. The van der Waals surface area contributed by atoms with Crippen molar-refractivity contribution in [2.45, 2.75) is 51.4 Å². The van der Waals surface area contributed by atoms with Crippen LogP contribution in [0.25, 0.3) is 11.1 Å². The highest BCUT2D eigenvalue weighted by molar-refractivity contribution is 5.66. The van der Waals surface area contributed by atoms with Crippen LogP contribution >= 0.6 is 0 Å². The van der Waals surface area contributed by atoms with Gasteiger partial charge in [-0.15, -0.1) is 0 Å². The van der Waals surface area contributed by atoms with Gasteiger partial charge in [0.25, 0.3) is 0 Å². The van der Waals surface area contributed by atoms with E-state index in [0.717, 1.165) is 49.5 Å². The zero-order valence-corrected chi connectivity index (χ0v) is 17.3. The van der Waals surface area contributed by atoms with Crippen LogP contribution < -0.4 is 0 Å². The van der Waals surface area contributed by atoms with Crippen LogP contribution in [0.2, 0.25) is 0 Å². The Morgan fingerprint density at radius 2 is 1.57 bits per heavy atom. The Morgan fingerprint density at radius 3 is 2.23 bits per heavy atom. The van der Waals surface area contributed by atoms with Gasteiger partial charge in [-0.3, -0.25) is 0 Å². The predicted molar refractivity (Wildman–Crippen MR) is 109 cm³/mol. The van der Waals surface area contributed by atoms with E-state index in [2.05, 4.69) is 0 Å². The lowest BCUT2D eigenvalue weighted by Crippen LogP contribution is -2.27. The standard InChI is InChI=1S/C25H28F4O/c1-30-11-10-15-2-4-16(5-3-15)17-6-8-20-18(12-17)7-9-21(24(20)28)19-13-22(26)25(29)23(27)14-19/h7,9,13-17H,2-6,8,10-12H2,1H3. The highest BCUT2D eigenvalue weighted by Gasteiger charge is 2.31. The van der Waals surface area contributed by atoms with Crippen LogP contribution in [-0.2, 0) is 17.6 Å². The molecule has 0 radical (unpaired) electrons. The molecule has 0 amide bonds. The number of hydrogen-bond acceptors (Lipinski definition) is 1. The van der Waals surface area contributed by atoms with E-state index in [1.165, 1.54) is 25.7 Å². The molecular weight excluding hydrogens is 392 g/mol. The zero-order chi connectivity index (χ0) is 21.3. The Labute approximate surface area is 175 Å². The Kier molecular flexibility index (Phi) is 6.47. The molecule has 1 unspecified atom stereocenters. The second-order valence-corrected chi connectivity index (χ2v) is 8.88. The van der Waals surface area contributed by atoms with Gasteiger partial charge >= 0.3 is 0 Å². The van der Waals surface area contributed by atoms with Crippen LogP contribution in [0.1, 0.15) is 49.7 Å². The summed E-state index contributed by atoms with van der Waals surface area (Å²) in [5, 5.41) is 0. The Hall–Kier alpha value is -1.88. The summed E-state index contributed by atoms with van der Waals surface area (Å²) < 4.78 is 60.9. The number of halogens is 4. The third-order valence-corrected chi connectivity index (χ3v) is 7.17. The van der Waals surface area contributed by atoms with Crippen molar-refractivity contribution in [3.8, 4) is 11.1 Å². The Morgan fingerprint density at radius 1 is 0.867 bits per heavy atom. The van der Waals surface area contributed by atoms with Crippen molar-refractivity contribution in [3.05, 3.63) is 58.7 Å². The molecule has 162 valence electrons. The van der Waals surface area contributed by atoms with Gasteiger partial charge in [0, 0.05) is 19.3 Å². The highest BCUT2D eigenvalue weighted by Crippen LogP contribution is 2.42. The minimum atomic E-state index is -1.53. The zero-order valence-electron chi connectivity index (χ0n) is 17.3. The third-order valence-electron chi connectivity index (χ3n) is 7.17. The summed E-state index contributed by atoms with van der Waals surface area (Å²) in [5.74, 6) is -2.57. The monoisotopic (exact) mass is 420 g/mol. The van der Waals surface area contributed by atoms with E-state index < -0.39 is 23.3 Å². The maximum atomic E-state index is 15.2. The van der Waals surface area contributed by atoms with Gasteiger partial charge in [0.1, 0.15) is 5.82 Å². The molecule has 0 aromatic heterocycles. The minimum absolute atomic E-state index is 0.0307. The molecule has 0 spiro atoms. The Balaban J connectivity index is 1.48. The van der Waals surface area contributed by atoms with E-state index in [1.807, 2.05) is 6.07 Å². The normalized spacial score (nSPS) is 24.0. The fourth-order valence-electron chi connectivity index (χ4n) is 5.41. The first-order valence-corrected chi connectivity index (χ1v) is 10.9. The van der Waals surface area contributed by atoms with Gasteiger partial charge in [0.05, 0.1) is 0 Å². The van der Waals surface area contributed by atoms with E-state index in [0.29, 0.717) is 23.8 Å². The lowest BCUT2D eigenvalue weighted by Gasteiger charge is -2.36. The molecule has 1 nitrogen and oxygen atoms in total. The number of methoxy groups -OCH3 is 1. The van der Waals surface area contributed by atoms with Crippen molar-refractivity contribution in [2.24, 2.45) is 17.8 Å². The molecule has 1 fully saturated rings. The number of fused-ring (bicyclic) bond motifs is 1. The van der Waals surface area contributed by atoms with Gasteiger partial charge in [-0.25, -0.2) is 17.6 Å². The molecule has 0 aliphatic heterocycles. The van der Waals surface area contributed by atoms with Crippen LogP contribution in [0, 0.1) is 41.0 Å². The first-order chi connectivity index (χ1) is 14.5. The van der Waals surface area contributed by atoms with E-state index in [4.69, 9.17) is 4.74 Å². The van der Waals surface area contributed by atoms with Crippen LogP contribution in [0.4, 0.5) is 17.6 Å². The molecule has 1 atom stereocenters. The van der Waals surface area contributed by atoms with Crippen LogP contribution in [0.15, 0.2) is 24.3 Å². The van der Waals surface area contributed by atoms with E-state index >= 15 is 4.39 Å². The second-order valence-electron chi connectivity index (χ2n) is 8.88. The summed E-state index contributed by atoms with van der Waals surface area (Å²) in [6, 6.07) is 5.17. The highest BCUT2D eigenvalue weighted by atomic mass is 19.2. The molecule has 2 aliphatic carbocycles. The molecule has 2 aliphatic rings. The molecule has 1 saturated carbocycles. The number of benzene rings is 2. The largest absolute Gasteiger partial charge is 0.385 e. The van der Waals surface area contributed by atoms with Gasteiger partial charge in [-0.2, -0.15) is 0 Å². The molecule has 2 aromatic rings. The first-order valence-electron chi connectivity index (χ1n) is 10.9. The van der Waals surface area contributed by atoms with Gasteiger partial charge in [-0.05, 0) is 85.1 Å². The van der Waals surface area contributed by atoms with Gasteiger partial charge in [0.15, 0.2) is 17.5 Å². The second kappa shape index (κ2) is 9.09. The lowest BCUT2D eigenvalue weighted by molar-refractivity contribution is 0.139. The molecular formula is C25H28F4O. The van der Waals surface area contributed by atoms with Crippen LogP contribution in [0.3, 0.4) is 0 Å². The molecule has 0 bridgehead atoms.